The van der Waals surface area contributed by atoms with Gasteiger partial charge in [-0.25, -0.2) is 9.59 Å². The number of carbonyl (C=O) groups is 2. The third-order valence-electron chi connectivity index (χ3n) is 3.78. The molecule has 1 aliphatic rings. The molecule has 0 spiro atoms. The van der Waals surface area contributed by atoms with Crippen molar-refractivity contribution in [2.45, 2.75) is 19.9 Å². The highest BCUT2D eigenvalue weighted by Gasteiger charge is 2.32. The summed E-state index contributed by atoms with van der Waals surface area (Å²) in [6, 6.07) is 6.83. The first-order chi connectivity index (χ1) is 11.4. The zero-order valence-corrected chi connectivity index (χ0v) is 14.4. The Labute approximate surface area is 142 Å². The third kappa shape index (κ3) is 3.95. The molecule has 2 amide bonds. The summed E-state index contributed by atoms with van der Waals surface area (Å²) in [5, 5.41) is 5.43. The largest absolute Gasteiger partial charge is 0.458 e. The standard InChI is InChI=1S/C18H23N3O3/c1-5-6-11-24-17(22)15-12(2)19-18(23)20-16(15)13-7-9-14(10-8-13)21(3)4/h5-10,16H,11H2,1-4H3,(H2,19,20,23)/b6-5+. The van der Waals surface area contributed by atoms with Crippen LogP contribution in [0.15, 0.2) is 47.7 Å². The molecule has 0 fully saturated rings. The Morgan fingerprint density at radius 2 is 1.96 bits per heavy atom. The molecule has 0 saturated carbocycles. The van der Waals surface area contributed by atoms with Crippen LogP contribution >= 0.6 is 0 Å². The first kappa shape index (κ1) is 17.6. The first-order valence-electron chi connectivity index (χ1n) is 7.78. The normalized spacial score (nSPS) is 17.5. The van der Waals surface area contributed by atoms with Gasteiger partial charge in [0.1, 0.15) is 6.61 Å². The molecule has 0 aromatic heterocycles. The van der Waals surface area contributed by atoms with Gasteiger partial charge in [0.05, 0.1) is 11.6 Å². The van der Waals surface area contributed by atoms with Crippen LogP contribution in [0, 0.1) is 0 Å². The van der Waals surface area contributed by atoms with Gasteiger partial charge in [0.15, 0.2) is 0 Å². The maximum absolute atomic E-state index is 12.4. The molecular formula is C18H23N3O3. The minimum Gasteiger partial charge on any atom is -0.458 e. The molecule has 2 rings (SSSR count). The second-order valence-corrected chi connectivity index (χ2v) is 5.72. The van der Waals surface area contributed by atoms with E-state index >= 15 is 0 Å². The average molecular weight is 329 g/mol. The van der Waals surface area contributed by atoms with E-state index in [1.54, 1.807) is 13.0 Å². The lowest BCUT2D eigenvalue weighted by Crippen LogP contribution is -2.45. The van der Waals surface area contributed by atoms with Crippen LogP contribution in [0.25, 0.3) is 0 Å². The molecule has 1 atom stereocenters. The predicted octanol–water partition coefficient (Wildman–Crippen LogP) is 2.50. The van der Waals surface area contributed by atoms with Crippen LogP contribution in [0.5, 0.6) is 0 Å². The molecule has 1 aliphatic heterocycles. The summed E-state index contributed by atoms with van der Waals surface area (Å²) in [7, 11) is 3.91. The van der Waals surface area contributed by atoms with E-state index in [0.717, 1.165) is 11.3 Å². The Balaban J connectivity index is 2.31. The molecule has 2 N–H and O–H groups in total. The number of carbonyl (C=O) groups excluding carboxylic acids is 2. The molecule has 0 aliphatic carbocycles. The number of nitrogens with zero attached hydrogens (tertiary/aromatic N) is 1. The van der Waals surface area contributed by atoms with E-state index < -0.39 is 12.0 Å². The van der Waals surface area contributed by atoms with Crippen molar-refractivity contribution in [2.75, 3.05) is 25.6 Å². The van der Waals surface area contributed by atoms with Crippen molar-refractivity contribution < 1.29 is 14.3 Å². The van der Waals surface area contributed by atoms with Crippen molar-refractivity contribution in [3.05, 3.63) is 53.3 Å². The van der Waals surface area contributed by atoms with Crippen LogP contribution < -0.4 is 15.5 Å². The highest BCUT2D eigenvalue weighted by molar-refractivity contribution is 5.95. The number of hydrogen-bond donors (Lipinski definition) is 2. The monoisotopic (exact) mass is 329 g/mol. The third-order valence-corrected chi connectivity index (χ3v) is 3.78. The SMILES string of the molecule is C/C=C/COC(=O)C1=C(C)NC(=O)NC1c1ccc(N(C)C)cc1. The Bertz CT molecular complexity index is 675. The van der Waals surface area contributed by atoms with Crippen molar-refractivity contribution in [3.8, 4) is 0 Å². The van der Waals surface area contributed by atoms with Gasteiger partial charge in [-0.2, -0.15) is 0 Å². The number of ether oxygens (including phenoxy) is 1. The fraction of sp³-hybridized carbons (Fsp3) is 0.333. The number of urea groups is 1. The van der Waals surface area contributed by atoms with Crippen molar-refractivity contribution >= 4 is 17.7 Å². The molecule has 6 nitrogen and oxygen atoms in total. The zero-order valence-electron chi connectivity index (χ0n) is 14.4. The lowest BCUT2D eigenvalue weighted by Gasteiger charge is -2.28. The summed E-state index contributed by atoms with van der Waals surface area (Å²) in [5.41, 5.74) is 2.78. The summed E-state index contributed by atoms with van der Waals surface area (Å²) >= 11 is 0. The Morgan fingerprint density at radius 3 is 2.54 bits per heavy atom. The topological polar surface area (TPSA) is 70.7 Å². The number of esters is 1. The van der Waals surface area contributed by atoms with E-state index in [9.17, 15) is 9.59 Å². The summed E-state index contributed by atoms with van der Waals surface area (Å²) in [6.07, 6.45) is 3.57. The van der Waals surface area contributed by atoms with Crippen LogP contribution in [0.1, 0.15) is 25.5 Å². The van der Waals surface area contributed by atoms with E-state index in [2.05, 4.69) is 10.6 Å². The molecule has 24 heavy (non-hydrogen) atoms. The molecule has 0 saturated heterocycles. The minimum absolute atomic E-state index is 0.201. The molecule has 1 aromatic rings. The van der Waals surface area contributed by atoms with E-state index in [0.29, 0.717) is 11.3 Å². The number of allylic oxidation sites excluding steroid dienone is 2. The Hall–Kier alpha value is -2.76. The van der Waals surface area contributed by atoms with E-state index in [1.807, 2.05) is 56.3 Å². The van der Waals surface area contributed by atoms with Crippen molar-refractivity contribution in [3.63, 3.8) is 0 Å². The van der Waals surface area contributed by atoms with Gasteiger partial charge in [0.2, 0.25) is 0 Å². The summed E-state index contributed by atoms with van der Waals surface area (Å²) in [5.74, 6) is -0.445. The maximum atomic E-state index is 12.4. The predicted molar refractivity (Wildman–Crippen MR) is 93.7 cm³/mol. The first-order valence-corrected chi connectivity index (χ1v) is 7.78. The molecule has 1 heterocycles. The number of rotatable bonds is 5. The molecule has 1 aromatic carbocycles. The molecule has 128 valence electrons. The summed E-state index contributed by atoms with van der Waals surface area (Å²) in [6.45, 7) is 3.76. The van der Waals surface area contributed by atoms with Gasteiger partial charge >= 0.3 is 12.0 Å². The van der Waals surface area contributed by atoms with Gasteiger partial charge in [-0.05, 0) is 31.5 Å². The second-order valence-electron chi connectivity index (χ2n) is 5.72. The van der Waals surface area contributed by atoms with Gasteiger partial charge in [0.25, 0.3) is 0 Å². The van der Waals surface area contributed by atoms with Crippen LogP contribution in [-0.4, -0.2) is 32.7 Å². The average Bonchev–Trinajstić information content (AvgIpc) is 2.54. The number of benzene rings is 1. The van der Waals surface area contributed by atoms with Crippen LogP contribution in [-0.2, 0) is 9.53 Å². The lowest BCUT2D eigenvalue weighted by molar-refractivity contribution is -0.138. The van der Waals surface area contributed by atoms with Gasteiger partial charge in [-0.3, -0.25) is 0 Å². The van der Waals surface area contributed by atoms with E-state index in [4.69, 9.17) is 4.74 Å². The molecular weight excluding hydrogens is 306 g/mol. The molecule has 6 heteroatoms. The molecule has 1 unspecified atom stereocenters. The number of anilines is 1. The zero-order chi connectivity index (χ0) is 17.7. The number of nitrogens with one attached hydrogen (secondary N) is 2. The highest BCUT2D eigenvalue weighted by Crippen LogP contribution is 2.28. The van der Waals surface area contributed by atoms with Crippen molar-refractivity contribution in [2.24, 2.45) is 0 Å². The lowest BCUT2D eigenvalue weighted by atomic mass is 9.95. The van der Waals surface area contributed by atoms with Crippen molar-refractivity contribution in [1.82, 2.24) is 10.6 Å². The number of amides is 2. The molecule has 0 radical (unpaired) electrons. The van der Waals surface area contributed by atoms with Crippen LogP contribution in [0.3, 0.4) is 0 Å². The Kier molecular flexibility index (Phi) is 5.63. The Morgan fingerprint density at radius 1 is 1.29 bits per heavy atom. The van der Waals surface area contributed by atoms with E-state index in [-0.39, 0.29) is 12.6 Å². The number of hydrogen-bond acceptors (Lipinski definition) is 4. The fourth-order valence-electron chi connectivity index (χ4n) is 2.48. The van der Waals surface area contributed by atoms with Crippen LogP contribution in [0.2, 0.25) is 0 Å². The summed E-state index contributed by atoms with van der Waals surface area (Å²) in [4.78, 5) is 26.3. The van der Waals surface area contributed by atoms with Gasteiger partial charge in [-0.15, -0.1) is 0 Å². The molecule has 0 bridgehead atoms. The van der Waals surface area contributed by atoms with Gasteiger partial charge in [0, 0.05) is 25.5 Å². The summed E-state index contributed by atoms with van der Waals surface area (Å²) < 4.78 is 5.26. The maximum Gasteiger partial charge on any atom is 0.338 e. The second kappa shape index (κ2) is 7.68. The quantitative estimate of drug-likeness (QED) is 0.643. The van der Waals surface area contributed by atoms with E-state index in [1.165, 1.54) is 0 Å². The minimum atomic E-state index is -0.534. The smallest absolute Gasteiger partial charge is 0.338 e. The van der Waals surface area contributed by atoms with Gasteiger partial charge in [-0.1, -0.05) is 24.3 Å². The highest BCUT2D eigenvalue weighted by atomic mass is 16.5. The van der Waals surface area contributed by atoms with Crippen LogP contribution in [0.4, 0.5) is 10.5 Å². The van der Waals surface area contributed by atoms with Crippen molar-refractivity contribution in [1.29, 1.82) is 0 Å². The fourth-order valence-corrected chi connectivity index (χ4v) is 2.48. The van der Waals surface area contributed by atoms with Gasteiger partial charge < -0.3 is 20.3 Å².